The number of aromatic nitrogens is 3. The number of methoxy groups -OCH3 is 2. The van der Waals surface area contributed by atoms with Crippen LogP contribution in [0.15, 0.2) is 73.1 Å². The molecule has 2 aromatic heterocycles. The Balaban J connectivity index is 0.000000328. The number of carbonyl (C=O) groups is 4. The summed E-state index contributed by atoms with van der Waals surface area (Å²) in [6, 6.07) is 19.1. The fourth-order valence-corrected chi connectivity index (χ4v) is 7.82. The summed E-state index contributed by atoms with van der Waals surface area (Å²) in [6.45, 7) is 14.6. The van der Waals surface area contributed by atoms with Gasteiger partial charge in [-0.1, -0.05) is 90.1 Å². The molecule has 3 fully saturated rings. The topological polar surface area (TPSA) is 180 Å². The van der Waals surface area contributed by atoms with Gasteiger partial charge in [-0.25, -0.2) is 14.6 Å². The Morgan fingerprint density at radius 1 is 0.754 bits per heavy atom. The summed E-state index contributed by atoms with van der Waals surface area (Å²) in [5.74, 6) is -0.662. The van der Waals surface area contributed by atoms with Gasteiger partial charge < -0.3 is 49.3 Å². The number of H-pyrrole nitrogens is 2. The van der Waals surface area contributed by atoms with Gasteiger partial charge in [0, 0.05) is 36.8 Å². The molecule has 4 amide bonds. The van der Waals surface area contributed by atoms with Crippen LogP contribution in [0.2, 0.25) is 0 Å². The highest BCUT2D eigenvalue weighted by Crippen LogP contribution is 2.44. The molecule has 15 heteroatoms. The molecule has 0 bridgehead atoms. The number of nitrogens with one attached hydrogen (secondary N) is 4. The lowest BCUT2D eigenvalue weighted by atomic mass is 9.94. The van der Waals surface area contributed by atoms with Crippen molar-refractivity contribution in [1.82, 2.24) is 35.4 Å². The largest absolute Gasteiger partial charge is 0.453 e. The van der Waals surface area contributed by atoms with E-state index in [1.165, 1.54) is 14.2 Å². The van der Waals surface area contributed by atoms with E-state index in [4.69, 9.17) is 19.2 Å². The standard InChI is InChI=1S/C35H41N5O5.C11H20N2O3/c1-22(2)30(39-33(42)43-5)32(41)40-19-35(44-20-34(3,4)21-45-35)17-29(40)31-37-18-28(38-31)26-14-10-24(11-15-26)23-8-12-25(13-9-23)27-7-6-16-36-27;1-8(2)9(12-11(15)16-3)10(14)13-6-4-5-7-13/h6-16,18,22,29-30,36H,17,19-21H2,1-5H3,(H,37,38)(H,39,42);8-9H,4-7H2,1-3H3,(H,12,15). The Bertz CT molecular complexity index is 2080. The minimum absolute atomic E-state index is 0.00194. The van der Waals surface area contributed by atoms with Crippen LogP contribution in [0.25, 0.3) is 33.6 Å². The van der Waals surface area contributed by atoms with E-state index in [-0.39, 0.29) is 35.6 Å². The number of ether oxygens (including phenoxy) is 4. The summed E-state index contributed by atoms with van der Waals surface area (Å²) in [5, 5.41) is 5.30. The van der Waals surface area contributed by atoms with Crippen LogP contribution >= 0.6 is 0 Å². The van der Waals surface area contributed by atoms with E-state index >= 15 is 0 Å². The summed E-state index contributed by atoms with van der Waals surface area (Å²) >= 11 is 0. The van der Waals surface area contributed by atoms with Gasteiger partial charge in [-0.15, -0.1) is 0 Å². The van der Waals surface area contributed by atoms with Crippen LogP contribution in [0, 0.1) is 17.3 Å². The second-order valence-corrected chi connectivity index (χ2v) is 17.5. The van der Waals surface area contributed by atoms with Crippen molar-refractivity contribution in [3.05, 3.63) is 78.9 Å². The molecule has 4 N–H and O–H groups in total. The molecule has 7 rings (SSSR count). The van der Waals surface area contributed by atoms with Crippen LogP contribution < -0.4 is 10.6 Å². The number of amides is 4. The van der Waals surface area contributed by atoms with Crippen LogP contribution in [-0.2, 0) is 28.5 Å². The molecule has 0 saturated carbocycles. The molecule has 4 aromatic rings. The quantitative estimate of drug-likeness (QED) is 0.129. The summed E-state index contributed by atoms with van der Waals surface area (Å²) < 4.78 is 22.0. The molecule has 328 valence electrons. The van der Waals surface area contributed by atoms with Crippen molar-refractivity contribution in [3.63, 3.8) is 0 Å². The third kappa shape index (κ3) is 10.8. The molecule has 3 unspecified atom stereocenters. The Morgan fingerprint density at radius 3 is 1.75 bits per heavy atom. The smallest absolute Gasteiger partial charge is 0.407 e. The molecule has 3 aliphatic rings. The molecule has 15 nitrogen and oxygen atoms in total. The van der Waals surface area contributed by atoms with Gasteiger partial charge in [0.1, 0.15) is 17.9 Å². The molecule has 3 atom stereocenters. The average Bonchev–Trinajstić information content (AvgIpc) is 4.11. The Labute approximate surface area is 358 Å². The van der Waals surface area contributed by atoms with Crippen LogP contribution in [-0.4, -0.2) is 114 Å². The SMILES string of the molecule is COC(=O)NC(C(=O)N1CC2(CC1c1ncc(-c3ccc(-c4ccc(-c5ccc[nH]5)cc4)cc3)[nH]1)OCC(C)(C)CO2)C(C)C.COC(=O)NC(C(=O)N1CCCC1)C(C)C. The van der Waals surface area contributed by atoms with Gasteiger partial charge in [0.05, 0.1) is 51.9 Å². The molecule has 5 heterocycles. The average molecular weight is 840 g/mol. The lowest BCUT2D eigenvalue weighted by Gasteiger charge is -2.41. The van der Waals surface area contributed by atoms with E-state index in [0.717, 1.165) is 59.6 Å². The number of nitrogens with zero attached hydrogens (tertiary/aromatic N) is 3. The van der Waals surface area contributed by atoms with E-state index in [1.807, 2.05) is 40.0 Å². The van der Waals surface area contributed by atoms with Crippen molar-refractivity contribution >= 4 is 24.0 Å². The molecule has 0 radical (unpaired) electrons. The molecule has 2 aromatic carbocycles. The first kappa shape index (κ1) is 44.9. The minimum Gasteiger partial charge on any atom is -0.453 e. The maximum atomic E-state index is 14.0. The first-order valence-electron chi connectivity index (χ1n) is 21.1. The summed E-state index contributed by atoms with van der Waals surface area (Å²) in [5.41, 5.74) is 6.16. The Hall–Kier alpha value is -5.67. The van der Waals surface area contributed by atoms with Crippen molar-refractivity contribution in [3.8, 4) is 33.6 Å². The van der Waals surface area contributed by atoms with Gasteiger partial charge >= 0.3 is 12.2 Å². The zero-order valence-electron chi connectivity index (χ0n) is 36.6. The zero-order chi connectivity index (χ0) is 43.9. The van der Waals surface area contributed by atoms with Crippen molar-refractivity contribution < 1.29 is 38.1 Å². The highest BCUT2D eigenvalue weighted by atomic mass is 16.7. The fourth-order valence-electron chi connectivity index (χ4n) is 7.82. The third-order valence-corrected chi connectivity index (χ3v) is 11.5. The molecule has 1 spiro atoms. The minimum atomic E-state index is -0.951. The lowest BCUT2D eigenvalue weighted by Crippen LogP contribution is -2.53. The van der Waals surface area contributed by atoms with Crippen molar-refractivity contribution in [2.24, 2.45) is 17.3 Å². The van der Waals surface area contributed by atoms with Gasteiger partial charge in [0.25, 0.3) is 0 Å². The summed E-state index contributed by atoms with van der Waals surface area (Å²) in [4.78, 5) is 64.4. The van der Waals surface area contributed by atoms with E-state index in [0.29, 0.717) is 25.5 Å². The molecule has 3 saturated heterocycles. The van der Waals surface area contributed by atoms with Gasteiger partial charge in [-0.05, 0) is 59.1 Å². The molecular weight excluding hydrogens is 779 g/mol. The molecule has 3 aliphatic heterocycles. The number of rotatable bonds is 10. The van der Waals surface area contributed by atoms with Gasteiger partial charge in [0.15, 0.2) is 5.79 Å². The van der Waals surface area contributed by atoms with E-state index < -0.39 is 36.1 Å². The Kier molecular flexibility index (Phi) is 14.2. The van der Waals surface area contributed by atoms with Crippen LogP contribution in [0.3, 0.4) is 0 Å². The maximum absolute atomic E-state index is 14.0. The number of alkyl carbamates (subject to hydrolysis) is 2. The number of hydrogen-bond acceptors (Lipinski definition) is 9. The molecule has 61 heavy (non-hydrogen) atoms. The van der Waals surface area contributed by atoms with Crippen molar-refractivity contribution in [2.45, 2.75) is 84.7 Å². The number of likely N-dealkylation sites (tertiary alicyclic amines) is 2. The predicted molar refractivity (Wildman–Crippen MR) is 231 cm³/mol. The molecular formula is C46H61N7O8. The van der Waals surface area contributed by atoms with Crippen LogP contribution in [0.5, 0.6) is 0 Å². The zero-order valence-corrected chi connectivity index (χ0v) is 36.6. The first-order chi connectivity index (χ1) is 29.1. The van der Waals surface area contributed by atoms with E-state index in [1.54, 1.807) is 16.0 Å². The van der Waals surface area contributed by atoms with E-state index in [9.17, 15) is 19.2 Å². The van der Waals surface area contributed by atoms with E-state index in [2.05, 4.69) is 93.8 Å². The second-order valence-electron chi connectivity index (χ2n) is 17.5. The summed E-state index contributed by atoms with van der Waals surface area (Å²) in [7, 11) is 2.58. The lowest BCUT2D eigenvalue weighted by molar-refractivity contribution is -0.290. The predicted octanol–water partition coefficient (Wildman–Crippen LogP) is 7.15. The first-order valence-corrected chi connectivity index (χ1v) is 21.1. The Morgan fingerprint density at radius 2 is 1.26 bits per heavy atom. The van der Waals surface area contributed by atoms with Crippen molar-refractivity contribution in [2.75, 3.05) is 47.1 Å². The third-order valence-electron chi connectivity index (χ3n) is 11.5. The van der Waals surface area contributed by atoms with Gasteiger partial charge in [-0.3, -0.25) is 9.59 Å². The van der Waals surface area contributed by atoms with Gasteiger partial charge in [-0.2, -0.15) is 0 Å². The normalized spacial score (nSPS) is 19.0. The second kappa shape index (κ2) is 19.4. The monoisotopic (exact) mass is 839 g/mol. The number of benzene rings is 2. The molecule has 0 aliphatic carbocycles. The highest BCUT2D eigenvalue weighted by Gasteiger charge is 2.53. The number of aromatic amines is 2. The van der Waals surface area contributed by atoms with Crippen LogP contribution in [0.1, 0.15) is 72.7 Å². The number of carbonyl (C=O) groups excluding carboxylic acids is 4. The highest BCUT2D eigenvalue weighted by molar-refractivity contribution is 5.87. The number of hydrogen-bond donors (Lipinski definition) is 4. The summed E-state index contributed by atoms with van der Waals surface area (Å²) in [6.07, 6.45) is 5.03. The van der Waals surface area contributed by atoms with Gasteiger partial charge in [0.2, 0.25) is 11.8 Å². The number of imidazole rings is 1. The van der Waals surface area contributed by atoms with Crippen molar-refractivity contribution in [1.29, 1.82) is 0 Å². The van der Waals surface area contributed by atoms with Crippen LogP contribution in [0.4, 0.5) is 9.59 Å². The maximum Gasteiger partial charge on any atom is 0.407 e. The fraction of sp³-hybridized carbons (Fsp3) is 0.500.